The van der Waals surface area contributed by atoms with E-state index < -0.39 is 27.1 Å². The monoisotopic (exact) mass is 443 g/mol. The second-order valence-electron chi connectivity index (χ2n) is 7.78. The summed E-state index contributed by atoms with van der Waals surface area (Å²) in [6, 6.07) is 7.40. The number of aryl methyl sites for hydroxylation is 2. The summed E-state index contributed by atoms with van der Waals surface area (Å²) in [7, 11) is -4.63. The molecule has 0 fully saturated rings. The lowest BCUT2D eigenvalue weighted by Crippen LogP contribution is -2.40. The molecule has 0 unspecified atom stereocenters. The lowest BCUT2D eigenvalue weighted by atomic mass is 10.0. The molecule has 30 heavy (non-hydrogen) atoms. The van der Waals surface area contributed by atoms with Gasteiger partial charge in [0.1, 0.15) is 0 Å². The quantitative estimate of drug-likeness (QED) is 0.214. The van der Waals surface area contributed by atoms with Gasteiger partial charge in [0.25, 0.3) is 0 Å². The van der Waals surface area contributed by atoms with Gasteiger partial charge in [0, 0.05) is 6.42 Å². The fourth-order valence-corrected chi connectivity index (χ4v) is 3.66. The topological polar surface area (TPSA) is 116 Å². The molecule has 8 heteroatoms. The molecule has 1 aromatic carbocycles. The largest absolute Gasteiger partial charge is 0.469 e. The molecule has 0 aromatic heterocycles. The molecule has 1 rings (SSSR count). The third kappa shape index (κ3) is 13.9. The molecular weight excluding hydrogens is 405 g/mol. The van der Waals surface area contributed by atoms with Crippen LogP contribution in [0.4, 0.5) is 0 Å². The molecule has 0 aliphatic carbocycles. The van der Waals surface area contributed by atoms with Crippen LogP contribution in [-0.2, 0) is 26.7 Å². The van der Waals surface area contributed by atoms with E-state index in [1.54, 1.807) is 0 Å². The first-order valence-electron chi connectivity index (χ1n) is 11.0. The van der Waals surface area contributed by atoms with Gasteiger partial charge in [0.05, 0.1) is 19.3 Å². The zero-order valence-electron chi connectivity index (χ0n) is 18.1. The molecule has 0 radical (unpaired) electrons. The number of phosphoric acid groups is 1. The van der Waals surface area contributed by atoms with Crippen LogP contribution in [0.2, 0.25) is 0 Å². The van der Waals surface area contributed by atoms with Crippen LogP contribution < -0.4 is 5.32 Å². The minimum Gasteiger partial charge on any atom is -0.394 e. The van der Waals surface area contributed by atoms with E-state index >= 15 is 0 Å². The Bertz CT molecular complexity index is 648. The van der Waals surface area contributed by atoms with Gasteiger partial charge >= 0.3 is 7.82 Å². The summed E-state index contributed by atoms with van der Waals surface area (Å²) in [6.07, 6.45) is 12.2. The number of unbranched alkanes of at least 4 members (excludes halogenated alkanes) is 7. The summed E-state index contributed by atoms with van der Waals surface area (Å²) < 4.78 is 15.1. The Morgan fingerprint density at radius 1 is 1.03 bits per heavy atom. The van der Waals surface area contributed by atoms with E-state index in [-0.39, 0.29) is 12.3 Å². The van der Waals surface area contributed by atoms with Crippen LogP contribution in [0.1, 0.15) is 75.8 Å². The molecule has 4 N–H and O–H groups in total. The third-order valence-electron chi connectivity index (χ3n) is 4.98. The highest BCUT2D eigenvalue weighted by Gasteiger charge is 2.19. The average molecular weight is 444 g/mol. The minimum atomic E-state index is -4.63. The van der Waals surface area contributed by atoms with Gasteiger partial charge in [-0.2, -0.15) is 0 Å². The molecule has 172 valence electrons. The van der Waals surface area contributed by atoms with E-state index in [2.05, 4.69) is 28.9 Å². The van der Waals surface area contributed by atoms with Crippen molar-refractivity contribution in [1.82, 2.24) is 5.32 Å². The highest BCUT2D eigenvalue weighted by Crippen LogP contribution is 2.35. The van der Waals surface area contributed by atoms with Crippen molar-refractivity contribution >= 4 is 13.7 Å². The Balaban J connectivity index is 2.29. The van der Waals surface area contributed by atoms with E-state index in [9.17, 15) is 14.5 Å². The molecule has 7 nitrogen and oxygen atoms in total. The smallest absolute Gasteiger partial charge is 0.394 e. The molecular formula is C22H38NO6P. The first kappa shape index (κ1) is 26.8. The van der Waals surface area contributed by atoms with Crippen molar-refractivity contribution in [2.45, 2.75) is 83.6 Å². The maximum absolute atomic E-state index is 12.1. The third-order valence-corrected chi connectivity index (χ3v) is 5.47. The molecule has 1 amide bonds. The Labute approximate surface area is 180 Å². The first-order valence-corrected chi connectivity index (χ1v) is 12.5. The second-order valence-corrected chi connectivity index (χ2v) is 9.02. The number of aliphatic hydroxyl groups excluding tert-OH is 1. The van der Waals surface area contributed by atoms with Gasteiger partial charge in [-0.15, -0.1) is 0 Å². The maximum Gasteiger partial charge on any atom is 0.469 e. The van der Waals surface area contributed by atoms with E-state index in [0.717, 1.165) is 12.0 Å². The van der Waals surface area contributed by atoms with Crippen LogP contribution >= 0.6 is 7.82 Å². The number of aliphatic hydroxyl groups is 1. The molecule has 1 atom stereocenters. The van der Waals surface area contributed by atoms with Gasteiger partial charge < -0.3 is 20.2 Å². The van der Waals surface area contributed by atoms with Crippen LogP contribution in [0.25, 0.3) is 0 Å². The van der Waals surface area contributed by atoms with E-state index in [0.29, 0.717) is 6.42 Å². The summed E-state index contributed by atoms with van der Waals surface area (Å²) in [5.74, 6) is -0.295. The van der Waals surface area contributed by atoms with Gasteiger partial charge in [-0.25, -0.2) is 4.57 Å². The number of amides is 1. The average Bonchev–Trinajstić information content (AvgIpc) is 2.71. The highest BCUT2D eigenvalue weighted by molar-refractivity contribution is 7.46. The summed E-state index contributed by atoms with van der Waals surface area (Å²) in [4.78, 5) is 29.5. The van der Waals surface area contributed by atoms with E-state index in [1.165, 1.54) is 56.9 Å². The second kappa shape index (κ2) is 15.5. The van der Waals surface area contributed by atoms with Crippen molar-refractivity contribution in [3.63, 3.8) is 0 Å². The Morgan fingerprint density at radius 3 is 2.23 bits per heavy atom. The zero-order valence-corrected chi connectivity index (χ0v) is 19.0. The zero-order chi connectivity index (χ0) is 22.2. The van der Waals surface area contributed by atoms with Crippen LogP contribution in [0.5, 0.6) is 0 Å². The number of phosphoric ester groups is 1. The molecule has 0 aliphatic rings. The van der Waals surface area contributed by atoms with Crippen LogP contribution in [0.3, 0.4) is 0 Å². The number of carbonyl (C=O) groups excluding carboxylic acids is 1. The van der Waals surface area contributed by atoms with Crippen molar-refractivity contribution in [2.24, 2.45) is 0 Å². The van der Waals surface area contributed by atoms with Gasteiger partial charge in [-0.05, 0) is 30.4 Å². The van der Waals surface area contributed by atoms with Gasteiger partial charge in [0.2, 0.25) is 5.91 Å². The molecule has 0 saturated heterocycles. The standard InChI is InChI=1S/C22H38NO6P/c1-2-3-4-5-6-7-8-9-11-19-12-10-13-20(16-19)14-15-22(25)23-21(17-24)18-29-30(26,27)28/h10,12-13,16,21,24H,2-9,11,14-15,17-18H2,1H3,(H,23,25)(H2,26,27,28)/t21-/m1/s1. The van der Waals surface area contributed by atoms with Crippen molar-refractivity contribution in [3.8, 4) is 0 Å². The molecule has 0 spiro atoms. The van der Waals surface area contributed by atoms with E-state index in [1.807, 2.05) is 12.1 Å². The van der Waals surface area contributed by atoms with Crippen molar-refractivity contribution in [1.29, 1.82) is 0 Å². The fraction of sp³-hybridized carbons (Fsp3) is 0.682. The number of carbonyl (C=O) groups is 1. The summed E-state index contributed by atoms with van der Waals surface area (Å²) in [5.41, 5.74) is 2.36. The predicted octanol–water partition coefficient (Wildman–Crippen LogP) is 3.89. The lowest BCUT2D eigenvalue weighted by Gasteiger charge is -2.16. The molecule has 1 aromatic rings. The van der Waals surface area contributed by atoms with Crippen LogP contribution in [0.15, 0.2) is 24.3 Å². The Kier molecular flexibility index (Phi) is 13.9. The number of benzene rings is 1. The lowest BCUT2D eigenvalue weighted by molar-refractivity contribution is -0.122. The fourth-order valence-electron chi connectivity index (χ4n) is 3.29. The van der Waals surface area contributed by atoms with Crippen molar-refractivity contribution in [2.75, 3.05) is 13.2 Å². The van der Waals surface area contributed by atoms with Crippen LogP contribution in [-0.4, -0.2) is 40.1 Å². The molecule has 0 saturated carbocycles. The highest BCUT2D eigenvalue weighted by atomic mass is 31.2. The van der Waals surface area contributed by atoms with Gasteiger partial charge in [-0.3, -0.25) is 9.32 Å². The first-order chi connectivity index (χ1) is 14.3. The summed E-state index contributed by atoms with van der Waals surface area (Å²) in [5, 5.41) is 11.8. The maximum atomic E-state index is 12.1. The molecule has 0 aliphatic heterocycles. The molecule has 0 bridgehead atoms. The Hall–Kier alpha value is -1.24. The summed E-state index contributed by atoms with van der Waals surface area (Å²) >= 11 is 0. The summed E-state index contributed by atoms with van der Waals surface area (Å²) in [6.45, 7) is 1.33. The molecule has 0 heterocycles. The number of hydrogen-bond donors (Lipinski definition) is 4. The number of hydrogen-bond acceptors (Lipinski definition) is 4. The van der Waals surface area contributed by atoms with Gasteiger partial charge in [-0.1, -0.05) is 76.1 Å². The van der Waals surface area contributed by atoms with Gasteiger partial charge in [0.15, 0.2) is 0 Å². The normalized spacial score (nSPS) is 12.7. The van der Waals surface area contributed by atoms with Crippen molar-refractivity contribution < 1.29 is 28.8 Å². The number of rotatable bonds is 17. The number of nitrogens with one attached hydrogen (secondary N) is 1. The SMILES string of the molecule is CCCCCCCCCCc1cccc(CCC(=O)N[C@H](CO)COP(=O)(O)O)c1. The van der Waals surface area contributed by atoms with E-state index in [4.69, 9.17) is 9.79 Å². The predicted molar refractivity (Wildman–Crippen MR) is 118 cm³/mol. The van der Waals surface area contributed by atoms with Crippen molar-refractivity contribution in [3.05, 3.63) is 35.4 Å². The van der Waals surface area contributed by atoms with Crippen LogP contribution in [0, 0.1) is 0 Å². The Morgan fingerprint density at radius 2 is 1.63 bits per heavy atom. The minimum absolute atomic E-state index is 0.230.